The molecule has 1 aliphatic rings. The highest BCUT2D eigenvalue weighted by Crippen LogP contribution is 2.27. The molecule has 2 aromatic carbocycles. The first-order chi connectivity index (χ1) is 14.0. The zero-order chi connectivity index (χ0) is 20.8. The van der Waals surface area contributed by atoms with Crippen molar-refractivity contribution in [2.75, 3.05) is 6.61 Å². The maximum Gasteiger partial charge on any atom is 0.333 e. The van der Waals surface area contributed by atoms with Crippen molar-refractivity contribution >= 4 is 18.0 Å². The molecule has 0 radical (unpaired) electrons. The minimum atomic E-state index is -1.01. The molecule has 1 aliphatic heterocycles. The van der Waals surface area contributed by atoms with Crippen LogP contribution in [-0.4, -0.2) is 46.6 Å². The summed E-state index contributed by atoms with van der Waals surface area (Å²) >= 11 is 0. The van der Waals surface area contributed by atoms with Crippen molar-refractivity contribution in [3.63, 3.8) is 0 Å². The number of amides is 4. The highest BCUT2D eigenvalue weighted by Gasteiger charge is 2.50. The van der Waals surface area contributed by atoms with Crippen LogP contribution in [0.3, 0.4) is 0 Å². The molecule has 8 heteroatoms. The van der Waals surface area contributed by atoms with Crippen LogP contribution in [0.1, 0.15) is 18.1 Å². The number of urea groups is 2. The van der Waals surface area contributed by atoms with Crippen LogP contribution in [0, 0.1) is 0 Å². The summed E-state index contributed by atoms with van der Waals surface area (Å²) in [5, 5.41) is 2.55. The smallest absolute Gasteiger partial charge is 0.333 e. The van der Waals surface area contributed by atoms with Gasteiger partial charge in [0.2, 0.25) is 0 Å². The van der Waals surface area contributed by atoms with Gasteiger partial charge >= 0.3 is 18.0 Å². The number of ether oxygens (including phenoxy) is 1. The van der Waals surface area contributed by atoms with Crippen molar-refractivity contribution in [1.82, 2.24) is 15.1 Å². The lowest BCUT2D eigenvalue weighted by atomic mass is 10.1. The fraction of sp³-hybridized carbons (Fsp3) is 0.286. The molecule has 0 bridgehead atoms. The molecule has 29 heavy (non-hydrogen) atoms. The molecule has 0 aromatic heterocycles. The molecule has 1 saturated heterocycles. The number of benzene rings is 2. The molecule has 3 rings (SSSR count). The van der Waals surface area contributed by atoms with E-state index in [0.29, 0.717) is 0 Å². The van der Waals surface area contributed by atoms with Crippen LogP contribution in [0.25, 0.3) is 0 Å². The first-order valence-corrected chi connectivity index (χ1v) is 9.39. The number of hydrogen-bond acceptors (Lipinski definition) is 4. The van der Waals surface area contributed by atoms with Gasteiger partial charge in [-0.2, -0.15) is 0 Å². The Labute approximate surface area is 169 Å². The van der Waals surface area contributed by atoms with Gasteiger partial charge < -0.3 is 20.7 Å². The SMILES string of the molecule is CCOC(=O)C1C(NC(N)=O)N(Cc2ccccc2)C(=O)N1Cc1ccccc1. The molecular weight excluding hydrogens is 372 g/mol. The number of carbonyl (C=O) groups excluding carboxylic acids is 3. The predicted octanol–water partition coefficient (Wildman–Crippen LogP) is 2.05. The maximum absolute atomic E-state index is 13.3. The molecule has 0 spiro atoms. The Morgan fingerprint density at radius 1 is 0.966 bits per heavy atom. The molecule has 1 fully saturated rings. The van der Waals surface area contributed by atoms with Crippen LogP contribution in [0.4, 0.5) is 9.59 Å². The van der Waals surface area contributed by atoms with E-state index in [1.807, 2.05) is 60.7 Å². The number of nitrogens with one attached hydrogen (secondary N) is 1. The van der Waals surface area contributed by atoms with E-state index in [1.54, 1.807) is 6.92 Å². The van der Waals surface area contributed by atoms with Crippen LogP contribution in [0.15, 0.2) is 60.7 Å². The molecule has 0 saturated carbocycles. The van der Waals surface area contributed by atoms with Crippen LogP contribution >= 0.6 is 0 Å². The topological polar surface area (TPSA) is 105 Å². The molecule has 152 valence electrons. The minimum absolute atomic E-state index is 0.157. The van der Waals surface area contributed by atoms with Gasteiger partial charge in [-0.3, -0.25) is 4.90 Å². The lowest BCUT2D eigenvalue weighted by Gasteiger charge is -2.26. The zero-order valence-electron chi connectivity index (χ0n) is 16.2. The Kier molecular flexibility index (Phi) is 6.33. The monoisotopic (exact) mass is 396 g/mol. The Morgan fingerprint density at radius 2 is 1.48 bits per heavy atom. The van der Waals surface area contributed by atoms with Gasteiger partial charge in [0.05, 0.1) is 6.61 Å². The summed E-state index contributed by atoms with van der Waals surface area (Å²) in [6.45, 7) is 2.26. The van der Waals surface area contributed by atoms with Gasteiger partial charge in [0.15, 0.2) is 6.04 Å². The molecule has 1 heterocycles. The van der Waals surface area contributed by atoms with Gasteiger partial charge in [0.25, 0.3) is 0 Å². The quantitative estimate of drug-likeness (QED) is 0.699. The molecule has 4 amide bonds. The minimum Gasteiger partial charge on any atom is -0.464 e. The van der Waals surface area contributed by atoms with Crippen molar-refractivity contribution in [1.29, 1.82) is 0 Å². The van der Waals surface area contributed by atoms with Gasteiger partial charge in [-0.1, -0.05) is 60.7 Å². The Hall–Kier alpha value is -3.55. The van der Waals surface area contributed by atoms with E-state index in [0.717, 1.165) is 11.1 Å². The standard InChI is InChI=1S/C21H24N4O4/c1-2-29-19(26)17-18(23-20(22)27)25(14-16-11-7-4-8-12-16)21(28)24(17)13-15-9-5-3-6-10-15/h3-12,17-18H,2,13-14H2,1H3,(H3,22,23,27). The van der Waals surface area contributed by atoms with E-state index in [9.17, 15) is 14.4 Å². The second kappa shape index (κ2) is 9.09. The van der Waals surface area contributed by atoms with E-state index in [4.69, 9.17) is 10.5 Å². The van der Waals surface area contributed by atoms with Crippen molar-refractivity contribution in [3.05, 3.63) is 71.8 Å². The molecule has 0 aliphatic carbocycles. The Balaban J connectivity index is 1.96. The van der Waals surface area contributed by atoms with E-state index < -0.39 is 24.2 Å². The van der Waals surface area contributed by atoms with E-state index in [2.05, 4.69) is 5.32 Å². The van der Waals surface area contributed by atoms with Gasteiger partial charge in [-0.25, -0.2) is 14.4 Å². The molecule has 8 nitrogen and oxygen atoms in total. The number of esters is 1. The zero-order valence-corrected chi connectivity index (χ0v) is 16.2. The fourth-order valence-corrected chi connectivity index (χ4v) is 3.42. The van der Waals surface area contributed by atoms with Crippen molar-refractivity contribution in [3.8, 4) is 0 Å². The summed E-state index contributed by atoms with van der Waals surface area (Å²) in [7, 11) is 0. The van der Waals surface area contributed by atoms with Crippen LogP contribution in [-0.2, 0) is 22.6 Å². The molecule has 2 atom stereocenters. The average Bonchev–Trinajstić information content (AvgIpc) is 2.95. The number of nitrogens with two attached hydrogens (primary N) is 1. The van der Waals surface area contributed by atoms with Crippen LogP contribution in [0.5, 0.6) is 0 Å². The molecular formula is C21H24N4O4. The summed E-state index contributed by atoms with van der Waals surface area (Å²) in [6.07, 6.45) is -0.942. The van der Waals surface area contributed by atoms with Crippen molar-refractivity contribution < 1.29 is 19.1 Å². The maximum atomic E-state index is 13.3. The summed E-state index contributed by atoms with van der Waals surface area (Å²) in [6, 6.07) is 16.4. The van der Waals surface area contributed by atoms with E-state index >= 15 is 0 Å². The van der Waals surface area contributed by atoms with E-state index in [1.165, 1.54) is 9.80 Å². The first-order valence-electron chi connectivity index (χ1n) is 9.39. The summed E-state index contributed by atoms with van der Waals surface area (Å²) in [5.41, 5.74) is 7.07. The average molecular weight is 396 g/mol. The van der Waals surface area contributed by atoms with Gasteiger partial charge in [-0.15, -0.1) is 0 Å². The molecule has 2 aromatic rings. The second-order valence-electron chi connectivity index (χ2n) is 6.66. The third kappa shape index (κ3) is 4.66. The van der Waals surface area contributed by atoms with E-state index in [-0.39, 0.29) is 25.7 Å². The highest BCUT2D eigenvalue weighted by atomic mass is 16.5. The normalized spacial score (nSPS) is 18.6. The first kappa shape index (κ1) is 20.2. The third-order valence-electron chi connectivity index (χ3n) is 4.67. The molecule has 3 N–H and O–H groups in total. The van der Waals surface area contributed by atoms with Crippen molar-refractivity contribution in [2.24, 2.45) is 5.73 Å². The van der Waals surface area contributed by atoms with Gasteiger partial charge in [-0.05, 0) is 18.1 Å². The largest absolute Gasteiger partial charge is 0.464 e. The van der Waals surface area contributed by atoms with Crippen molar-refractivity contribution in [2.45, 2.75) is 32.2 Å². The predicted molar refractivity (Wildman–Crippen MR) is 106 cm³/mol. The number of primary amides is 1. The number of rotatable bonds is 7. The lowest BCUT2D eigenvalue weighted by molar-refractivity contribution is -0.149. The van der Waals surface area contributed by atoms with Gasteiger partial charge in [0.1, 0.15) is 6.17 Å². The van der Waals surface area contributed by atoms with Crippen LogP contribution in [0.2, 0.25) is 0 Å². The number of carbonyl (C=O) groups is 3. The Morgan fingerprint density at radius 3 is 1.97 bits per heavy atom. The Bertz CT molecular complexity index is 859. The van der Waals surface area contributed by atoms with Gasteiger partial charge in [0, 0.05) is 13.1 Å². The number of nitrogens with zero attached hydrogens (tertiary/aromatic N) is 2. The second-order valence-corrected chi connectivity index (χ2v) is 6.66. The third-order valence-corrected chi connectivity index (χ3v) is 4.67. The summed E-state index contributed by atoms with van der Waals surface area (Å²) < 4.78 is 5.20. The van der Waals surface area contributed by atoms with Crippen LogP contribution < -0.4 is 11.1 Å². The lowest BCUT2D eigenvalue weighted by Crippen LogP contribution is -2.55. The number of hydrogen-bond donors (Lipinski definition) is 2. The fourth-order valence-electron chi connectivity index (χ4n) is 3.42. The summed E-state index contributed by atoms with van der Waals surface area (Å²) in [5.74, 6) is -0.592. The summed E-state index contributed by atoms with van der Waals surface area (Å²) in [4.78, 5) is 40.5. The highest BCUT2D eigenvalue weighted by molar-refractivity contribution is 5.89. The molecule has 2 unspecified atom stereocenters.